The summed E-state index contributed by atoms with van der Waals surface area (Å²) >= 11 is 5.85. The zero-order chi connectivity index (χ0) is 14.6. The van der Waals surface area contributed by atoms with Gasteiger partial charge in [0.15, 0.2) is 0 Å². The van der Waals surface area contributed by atoms with E-state index in [1.54, 1.807) is 24.3 Å². The molecule has 0 saturated carbocycles. The van der Waals surface area contributed by atoms with E-state index < -0.39 is 10.0 Å². The molecule has 0 radical (unpaired) electrons. The van der Waals surface area contributed by atoms with E-state index in [-0.39, 0.29) is 5.75 Å². The number of hydrogen-bond donors (Lipinski definition) is 1. The summed E-state index contributed by atoms with van der Waals surface area (Å²) < 4.78 is 26.6. The van der Waals surface area contributed by atoms with Crippen LogP contribution in [0.25, 0.3) is 0 Å². The highest BCUT2D eigenvalue weighted by atomic mass is 35.5. The van der Waals surface area contributed by atoms with E-state index in [1.165, 1.54) is 0 Å². The average molecular weight is 310 g/mol. The molecule has 5 heteroatoms. The Morgan fingerprint density at radius 3 is 2.45 bits per heavy atom. The number of rotatable bonds is 5. The van der Waals surface area contributed by atoms with E-state index in [4.69, 9.17) is 11.6 Å². The van der Waals surface area contributed by atoms with Gasteiger partial charge in [0.25, 0.3) is 0 Å². The summed E-state index contributed by atoms with van der Waals surface area (Å²) in [4.78, 5) is 0. The largest absolute Gasteiger partial charge is 0.216 e. The van der Waals surface area contributed by atoms with Crippen LogP contribution in [-0.2, 0) is 22.3 Å². The van der Waals surface area contributed by atoms with Gasteiger partial charge in [0.05, 0.1) is 5.75 Å². The summed E-state index contributed by atoms with van der Waals surface area (Å²) in [5.74, 6) is -0.0701. The average Bonchev–Trinajstić information content (AvgIpc) is 2.36. The molecule has 0 spiro atoms. The minimum absolute atomic E-state index is 0.0701. The summed E-state index contributed by atoms with van der Waals surface area (Å²) in [5.41, 5.74) is 2.73. The Morgan fingerprint density at radius 2 is 1.75 bits per heavy atom. The molecule has 2 aromatic carbocycles. The standard InChI is InChI=1S/C15H16ClNO2S/c1-12-4-2-5-13(8-12)10-17-20(18,19)11-14-6-3-7-15(16)9-14/h2-9,17H,10-11H2,1H3. The van der Waals surface area contributed by atoms with E-state index >= 15 is 0 Å². The Kier molecular flexibility index (Phi) is 4.81. The van der Waals surface area contributed by atoms with Crippen LogP contribution >= 0.6 is 11.6 Å². The molecular weight excluding hydrogens is 294 g/mol. The molecular formula is C15H16ClNO2S. The van der Waals surface area contributed by atoms with Gasteiger partial charge in [-0.15, -0.1) is 0 Å². The molecule has 0 fully saturated rings. The van der Waals surface area contributed by atoms with Gasteiger partial charge in [-0.3, -0.25) is 0 Å². The Morgan fingerprint density at radius 1 is 1.05 bits per heavy atom. The Balaban J connectivity index is 2.01. The van der Waals surface area contributed by atoms with E-state index in [2.05, 4.69) is 4.72 Å². The minimum Gasteiger partial charge on any atom is -0.212 e. The molecule has 1 N–H and O–H groups in total. The van der Waals surface area contributed by atoms with Gasteiger partial charge in [-0.2, -0.15) is 0 Å². The van der Waals surface area contributed by atoms with Crippen LogP contribution in [0, 0.1) is 6.92 Å². The van der Waals surface area contributed by atoms with Gasteiger partial charge < -0.3 is 0 Å². The molecule has 0 aliphatic carbocycles. The lowest BCUT2D eigenvalue weighted by Gasteiger charge is -2.08. The van der Waals surface area contributed by atoms with Gasteiger partial charge >= 0.3 is 0 Å². The topological polar surface area (TPSA) is 46.2 Å². The Bertz CT molecular complexity index is 699. The molecule has 2 rings (SSSR count). The van der Waals surface area contributed by atoms with Crippen LogP contribution in [0.3, 0.4) is 0 Å². The number of sulfonamides is 1. The highest BCUT2D eigenvalue weighted by Gasteiger charge is 2.11. The van der Waals surface area contributed by atoms with Crippen molar-refractivity contribution in [3.05, 3.63) is 70.2 Å². The third-order valence-electron chi connectivity index (χ3n) is 2.82. The molecule has 2 aromatic rings. The molecule has 0 unspecified atom stereocenters. The minimum atomic E-state index is -3.37. The maximum absolute atomic E-state index is 12.0. The molecule has 0 saturated heterocycles. The number of nitrogens with one attached hydrogen (secondary N) is 1. The van der Waals surface area contributed by atoms with Crippen LogP contribution in [-0.4, -0.2) is 8.42 Å². The zero-order valence-electron chi connectivity index (χ0n) is 11.1. The number of halogens is 1. The van der Waals surface area contributed by atoms with Gasteiger partial charge in [0.1, 0.15) is 0 Å². The number of hydrogen-bond acceptors (Lipinski definition) is 2. The second kappa shape index (κ2) is 6.39. The van der Waals surface area contributed by atoms with E-state index in [1.807, 2.05) is 31.2 Å². The van der Waals surface area contributed by atoms with Crippen molar-refractivity contribution in [3.8, 4) is 0 Å². The Hall–Kier alpha value is -1.36. The van der Waals surface area contributed by atoms with Gasteiger partial charge in [-0.25, -0.2) is 13.1 Å². The first kappa shape index (κ1) is 15.0. The third kappa shape index (κ3) is 4.63. The van der Waals surface area contributed by atoms with Crippen molar-refractivity contribution in [1.82, 2.24) is 4.72 Å². The quantitative estimate of drug-likeness (QED) is 0.921. The van der Waals surface area contributed by atoms with Gasteiger partial charge in [-0.05, 0) is 30.2 Å². The summed E-state index contributed by atoms with van der Waals surface area (Å²) in [6.07, 6.45) is 0. The lowest BCUT2D eigenvalue weighted by atomic mass is 10.1. The SMILES string of the molecule is Cc1cccc(CNS(=O)(=O)Cc2cccc(Cl)c2)c1. The van der Waals surface area contributed by atoms with Crippen molar-refractivity contribution >= 4 is 21.6 Å². The fourth-order valence-electron chi connectivity index (χ4n) is 1.91. The molecule has 0 aromatic heterocycles. The van der Waals surface area contributed by atoms with Crippen LogP contribution in [0.1, 0.15) is 16.7 Å². The van der Waals surface area contributed by atoms with E-state index in [9.17, 15) is 8.42 Å². The molecule has 0 aliphatic heterocycles. The van der Waals surface area contributed by atoms with Gasteiger partial charge in [-0.1, -0.05) is 53.6 Å². The third-order valence-corrected chi connectivity index (χ3v) is 4.36. The molecule has 106 valence electrons. The normalized spacial score (nSPS) is 11.5. The lowest BCUT2D eigenvalue weighted by Crippen LogP contribution is -2.24. The van der Waals surface area contributed by atoms with Crippen molar-refractivity contribution in [2.45, 2.75) is 19.2 Å². The molecule has 0 bridgehead atoms. The van der Waals surface area contributed by atoms with Crippen LogP contribution in [0.15, 0.2) is 48.5 Å². The van der Waals surface area contributed by atoms with Crippen LogP contribution in [0.2, 0.25) is 5.02 Å². The van der Waals surface area contributed by atoms with Crippen molar-refractivity contribution in [1.29, 1.82) is 0 Å². The molecule has 0 amide bonds. The summed E-state index contributed by atoms with van der Waals surface area (Å²) in [6, 6.07) is 14.6. The number of benzene rings is 2. The molecule has 0 heterocycles. The first-order valence-corrected chi connectivity index (χ1v) is 8.25. The number of aryl methyl sites for hydroxylation is 1. The lowest BCUT2D eigenvalue weighted by molar-refractivity contribution is 0.580. The maximum atomic E-state index is 12.0. The summed E-state index contributed by atoms with van der Waals surface area (Å²) in [6.45, 7) is 2.27. The molecule has 0 atom stereocenters. The summed E-state index contributed by atoms with van der Waals surface area (Å²) in [7, 11) is -3.37. The molecule has 3 nitrogen and oxygen atoms in total. The second-order valence-corrected chi connectivity index (χ2v) is 6.94. The van der Waals surface area contributed by atoms with Crippen molar-refractivity contribution in [2.24, 2.45) is 0 Å². The maximum Gasteiger partial charge on any atom is 0.216 e. The van der Waals surface area contributed by atoms with E-state index in [0.29, 0.717) is 17.1 Å². The predicted octanol–water partition coefficient (Wildman–Crippen LogP) is 3.27. The van der Waals surface area contributed by atoms with E-state index in [0.717, 1.165) is 11.1 Å². The van der Waals surface area contributed by atoms with Gasteiger partial charge in [0, 0.05) is 11.6 Å². The first-order chi connectivity index (χ1) is 9.44. The smallest absolute Gasteiger partial charge is 0.212 e. The van der Waals surface area contributed by atoms with Crippen molar-refractivity contribution in [3.63, 3.8) is 0 Å². The van der Waals surface area contributed by atoms with Crippen molar-refractivity contribution in [2.75, 3.05) is 0 Å². The molecule has 20 heavy (non-hydrogen) atoms. The Labute approximate surface area is 124 Å². The molecule has 0 aliphatic rings. The zero-order valence-corrected chi connectivity index (χ0v) is 12.7. The fourth-order valence-corrected chi connectivity index (χ4v) is 3.23. The van der Waals surface area contributed by atoms with Gasteiger partial charge in [0.2, 0.25) is 10.0 Å². The summed E-state index contributed by atoms with van der Waals surface area (Å²) in [5, 5.41) is 0.538. The highest BCUT2D eigenvalue weighted by Crippen LogP contribution is 2.13. The van der Waals surface area contributed by atoms with Crippen LogP contribution in [0.4, 0.5) is 0 Å². The first-order valence-electron chi connectivity index (χ1n) is 6.22. The highest BCUT2D eigenvalue weighted by molar-refractivity contribution is 7.88. The second-order valence-electron chi connectivity index (χ2n) is 4.70. The van der Waals surface area contributed by atoms with Crippen LogP contribution < -0.4 is 4.72 Å². The monoisotopic (exact) mass is 309 g/mol. The fraction of sp³-hybridized carbons (Fsp3) is 0.200. The predicted molar refractivity (Wildman–Crippen MR) is 82.1 cm³/mol. The van der Waals surface area contributed by atoms with Crippen molar-refractivity contribution < 1.29 is 8.42 Å². The van der Waals surface area contributed by atoms with Crippen LogP contribution in [0.5, 0.6) is 0 Å².